The molecule has 0 amide bonds. The summed E-state index contributed by atoms with van der Waals surface area (Å²) in [6.45, 7) is 0. The van der Waals surface area contributed by atoms with Crippen molar-refractivity contribution in [2.75, 3.05) is 0 Å². The molecule has 0 aliphatic heterocycles. The predicted octanol–water partition coefficient (Wildman–Crippen LogP) is 2.71. The van der Waals surface area contributed by atoms with E-state index in [0.29, 0.717) is 21.6 Å². The van der Waals surface area contributed by atoms with E-state index >= 15 is 0 Å². The van der Waals surface area contributed by atoms with E-state index in [1.165, 1.54) is 11.0 Å². The number of aromatic nitrogens is 4. The molecule has 0 aromatic carbocycles. The maximum absolute atomic E-state index is 12.8. The van der Waals surface area contributed by atoms with Gasteiger partial charge in [0.15, 0.2) is 0 Å². The second-order valence-corrected chi connectivity index (χ2v) is 6.62. The van der Waals surface area contributed by atoms with Gasteiger partial charge in [0.05, 0.1) is 11.2 Å². The average molecular weight is 328 g/mol. The standard InChI is InChI=1S/C16H16N4O2S/c21-15-14-13(12(19-23-14)11-8-4-5-9-17-11)18-16(22)20(15)10-6-2-1-3-7-10/h4-5,8-10H,1-3,6-7H2,(H,18,22). The lowest BCUT2D eigenvalue weighted by Crippen LogP contribution is -2.38. The minimum atomic E-state index is -0.341. The summed E-state index contributed by atoms with van der Waals surface area (Å²) < 4.78 is 6.24. The SMILES string of the molecule is O=c1[nH]c2c(-c3ccccn3)nsc2c(=O)n1C1CCCCC1. The monoisotopic (exact) mass is 328 g/mol. The molecule has 0 atom stereocenters. The molecule has 1 saturated carbocycles. The van der Waals surface area contributed by atoms with E-state index in [0.717, 1.165) is 37.2 Å². The molecule has 1 aliphatic rings. The van der Waals surface area contributed by atoms with Gasteiger partial charge >= 0.3 is 5.69 Å². The van der Waals surface area contributed by atoms with Gasteiger partial charge in [0.1, 0.15) is 10.4 Å². The van der Waals surface area contributed by atoms with Gasteiger partial charge in [0.2, 0.25) is 0 Å². The van der Waals surface area contributed by atoms with Crippen molar-refractivity contribution in [1.82, 2.24) is 18.9 Å². The number of nitrogens with one attached hydrogen (secondary N) is 1. The molecular weight excluding hydrogens is 312 g/mol. The van der Waals surface area contributed by atoms with Gasteiger partial charge < -0.3 is 4.98 Å². The minimum Gasteiger partial charge on any atom is -0.304 e. The molecular formula is C16H16N4O2S. The van der Waals surface area contributed by atoms with E-state index in [9.17, 15) is 9.59 Å². The number of rotatable bonds is 2. The van der Waals surface area contributed by atoms with Crippen molar-refractivity contribution >= 4 is 21.7 Å². The van der Waals surface area contributed by atoms with E-state index in [2.05, 4.69) is 14.3 Å². The first-order valence-electron chi connectivity index (χ1n) is 7.81. The third-order valence-electron chi connectivity index (χ3n) is 4.40. The van der Waals surface area contributed by atoms with Crippen LogP contribution >= 0.6 is 11.5 Å². The Morgan fingerprint density at radius 1 is 1.17 bits per heavy atom. The molecule has 0 saturated heterocycles. The molecule has 23 heavy (non-hydrogen) atoms. The fraction of sp³-hybridized carbons (Fsp3) is 0.375. The Labute approximate surface area is 136 Å². The van der Waals surface area contributed by atoms with Crippen molar-refractivity contribution in [3.8, 4) is 11.4 Å². The fourth-order valence-corrected chi connectivity index (χ4v) is 4.05. The van der Waals surface area contributed by atoms with Crippen LogP contribution in [-0.4, -0.2) is 18.9 Å². The highest BCUT2D eigenvalue weighted by atomic mass is 32.1. The quantitative estimate of drug-likeness (QED) is 0.784. The Kier molecular flexibility index (Phi) is 3.57. The van der Waals surface area contributed by atoms with Crippen LogP contribution in [0.2, 0.25) is 0 Å². The molecule has 0 radical (unpaired) electrons. The van der Waals surface area contributed by atoms with Crippen molar-refractivity contribution < 1.29 is 0 Å². The zero-order valence-corrected chi connectivity index (χ0v) is 13.3. The Bertz CT molecular complexity index is 952. The Balaban J connectivity index is 1.91. The van der Waals surface area contributed by atoms with Crippen LogP contribution in [0, 0.1) is 0 Å². The van der Waals surface area contributed by atoms with Gasteiger partial charge in [-0.05, 0) is 36.5 Å². The maximum Gasteiger partial charge on any atom is 0.329 e. The first kappa shape index (κ1) is 14.3. The molecule has 0 bridgehead atoms. The number of hydrogen-bond acceptors (Lipinski definition) is 5. The van der Waals surface area contributed by atoms with Gasteiger partial charge in [0.25, 0.3) is 5.56 Å². The van der Waals surface area contributed by atoms with Crippen LogP contribution in [0.3, 0.4) is 0 Å². The molecule has 4 rings (SSSR count). The van der Waals surface area contributed by atoms with Crippen LogP contribution in [0.25, 0.3) is 21.6 Å². The number of hydrogen-bond donors (Lipinski definition) is 1. The molecule has 3 aromatic heterocycles. The molecule has 3 aromatic rings. The number of fused-ring (bicyclic) bond motifs is 1. The molecule has 0 spiro atoms. The largest absolute Gasteiger partial charge is 0.329 e. The number of nitrogens with zero attached hydrogens (tertiary/aromatic N) is 3. The summed E-state index contributed by atoms with van der Waals surface area (Å²) in [6, 6.07) is 5.50. The maximum atomic E-state index is 12.8. The van der Waals surface area contributed by atoms with E-state index < -0.39 is 0 Å². The average Bonchev–Trinajstić information content (AvgIpc) is 3.00. The zero-order chi connectivity index (χ0) is 15.8. The van der Waals surface area contributed by atoms with Crippen molar-refractivity contribution in [2.45, 2.75) is 38.1 Å². The summed E-state index contributed by atoms with van der Waals surface area (Å²) in [5.41, 5.74) is 1.15. The molecule has 0 unspecified atom stereocenters. The number of pyridine rings is 1. The summed E-state index contributed by atoms with van der Waals surface area (Å²) in [6.07, 6.45) is 6.76. The van der Waals surface area contributed by atoms with Gasteiger partial charge in [-0.15, -0.1) is 0 Å². The van der Waals surface area contributed by atoms with Crippen LogP contribution in [0.4, 0.5) is 0 Å². The Hall–Kier alpha value is -2.28. The van der Waals surface area contributed by atoms with Crippen LogP contribution in [0.5, 0.6) is 0 Å². The van der Waals surface area contributed by atoms with Crippen LogP contribution in [0.15, 0.2) is 34.0 Å². The number of H-pyrrole nitrogens is 1. The lowest BCUT2D eigenvalue weighted by molar-refractivity contribution is 0.338. The van der Waals surface area contributed by atoms with E-state index in [-0.39, 0.29) is 17.3 Å². The molecule has 118 valence electrons. The fourth-order valence-electron chi connectivity index (χ4n) is 3.27. The second kappa shape index (κ2) is 5.73. The second-order valence-electron chi connectivity index (χ2n) is 5.85. The molecule has 3 heterocycles. The van der Waals surface area contributed by atoms with Crippen molar-refractivity contribution in [1.29, 1.82) is 0 Å². The van der Waals surface area contributed by atoms with Gasteiger partial charge in [-0.25, -0.2) is 4.79 Å². The summed E-state index contributed by atoms with van der Waals surface area (Å²) in [5.74, 6) is 0. The van der Waals surface area contributed by atoms with Crippen molar-refractivity contribution in [3.63, 3.8) is 0 Å². The van der Waals surface area contributed by atoms with Gasteiger partial charge in [-0.3, -0.25) is 14.3 Å². The number of aromatic amines is 1. The van der Waals surface area contributed by atoms with Gasteiger partial charge in [-0.2, -0.15) is 4.37 Å². The van der Waals surface area contributed by atoms with E-state index in [1.807, 2.05) is 18.2 Å². The molecule has 6 nitrogen and oxygen atoms in total. The zero-order valence-electron chi connectivity index (χ0n) is 12.5. The summed E-state index contributed by atoms with van der Waals surface area (Å²) in [5, 5.41) is 0. The van der Waals surface area contributed by atoms with Crippen molar-refractivity contribution in [3.05, 3.63) is 45.2 Å². The third-order valence-corrected chi connectivity index (χ3v) is 5.24. The molecule has 1 aliphatic carbocycles. The van der Waals surface area contributed by atoms with Crippen LogP contribution in [-0.2, 0) is 0 Å². The highest BCUT2D eigenvalue weighted by molar-refractivity contribution is 7.13. The van der Waals surface area contributed by atoms with Crippen molar-refractivity contribution in [2.24, 2.45) is 0 Å². The first-order chi connectivity index (χ1) is 11.3. The smallest absolute Gasteiger partial charge is 0.304 e. The van der Waals surface area contributed by atoms with E-state index in [1.54, 1.807) is 6.20 Å². The lowest BCUT2D eigenvalue weighted by atomic mass is 9.95. The predicted molar refractivity (Wildman–Crippen MR) is 89.9 cm³/mol. The third kappa shape index (κ3) is 2.41. The summed E-state index contributed by atoms with van der Waals surface area (Å²) in [4.78, 5) is 32.4. The van der Waals surface area contributed by atoms with Gasteiger partial charge in [-0.1, -0.05) is 25.3 Å². The highest BCUT2D eigenvalue weighted by Crippen LogP contribution is 2.28. The molecule has 1 fully saturated rings. The molecule has 7 heteroatoms. The summed E-state index contributed by atoms with van der Waals surface area (Å²) in [7, 11) is 0. The Morgan fingerprint density at radius 2 is 2.00 bits per heavy atom. The van der Waals surface area contributed by atoms with E-state index in [4.69, 9.17) is 0 Å². The Morgan fingerprint density at radius 3 is 2.74 bits per heavy atom. The normalized spacial score (nSPS) is 16.0. The molecule has 1 N–H and O–H groups in total. The highest BCUT2D eigenvalue weighted by Gasteiger charge is 2.22. The topological polar surface area (TPSA) is 80.6 Å². The van der Waals surface area contributed by atoms with Crippen LogP contribution < -0.4 is 11.2 Å². The van der Waals surface area contributed by atoms with Crippen LogP contribution in [0.1, 0.15) is 38.1 Å². The minimum absolute atomic E-state index is 0.00444. The summed E-state index contributed by atoms with van der Waals surface area (Å²) >= 11 is 1.13. The van der Waals surface area contributed by atoms with Gasteiger partial charge in [0, 0.05) is 12.2 Å². The first-order valence-corrected chi connectivity index (χ1v) is 8.58. The lowest BCUT2D eigenvalue weighted by Gasteiger charge is -2.22.